The standard InChI is InChI=1S/C16H16ClN3O3/c17-12-9-18-7-4-11(12)16(21)20-13-10-22-8-5-14(13)23-15-3-1-2-6-19-15/h1-4,6-7,9,13-14H,5,8,10H2,(H,20,21). The number of nitrogens with one attached hydrogen (secondary N) is 1. The summed E-state index contributed by atoms with van der Waals surface area (Å²) in [5.74, 6) is 0.253. The van der Waals surface area contributed by atoms with Crippen LogP contribution in [-0.4, -0.2) is 41.2 Å². The minimum Gasteiger partial charge on any atom is -0.472 e. The lowest BCUT2D eigenvalue weighted by molar-refractivity contribution is -0.00448. The van der Waals surface area contributed by atoms with E-state index < -0.39 is 0 Å². The lowest BCUT2D eigenvalue weighted by Gasteiger charge is -2.32. The molecule has 120 valence electrons. The largest absolute Gasteiger partial charge is 0.472 e. The molecule has 0 aliphatic carbocycles. The van der Waals surface area contributed by atoms with E-state index in [1.54, 1.807) is 18.3 Å². The SMILES string of the molecule is O=C(NC1COCCC1Oc1ccccn1)c1ccncc1Cl. The number of hydrogen-bond donors (Lipinski definition) is 1. The van der Waals surface area contributed by atoms with Crippen molar-refractivity contribution in [3.63, 3.8) is 0 Å². The van der Waals surface area contributed by atoms with Gasteiger partial charge in [-0.3, -0.25) is 9.78 Å². The van der Waals surface area contributed by atoms with Crippen LogP contribution in [0.2, 0.25) is 5.02 Å². The number of pyridine rings is 2. The second kappa shape index (κ2) is 7.39. The van der Waals surface area contributed by atoms with Crippen molar-refractivity contribution in [1.82, 2.24) is 15.3 Å². The summed E-state index contributed by atoms with van der Waals surface area (Å²) < 4.78 is 11.3. The zero-order chi connectivity index (χ0) is 16.1. The van der Waals surface area contributed by atoms with Gasteiger partial charge in [0.15, 0.2) is 0 Å². The highest BCUT2D eigenvalue weighted by atomic mass is 35.5. The van der Waals surface area contributed by atoms with Gasteiger partial charge < -0.3 is 14.8 Å². The molecule has 0 aromatic carbocycles. The van der Waals surface area contributed by atoms with Gasteiger partial charge in [-0.05, 0) is 12.1 Å². The van der Waals surface area contributed by atoms with Crippen molar-refractivity contribution in [2.75, 3.05) is 13.2 Å². The maximum atomic E-state index is 12.4. The average Bonchev–Trinajstić information content (AvgIpc) is 2.58. The topological polar surface area (TPSA) is 73.3 Å². The third kappa shape index (κ3) is 3.97. The minimum atomic E-state index is -0.275. The summed E-state index contributed by atoms with van der Waals surface area (Å²) in [5.41, 5.74) is 0.379. The van der Waals surface area contributed by atoms with Gasteiger partial charge in [0, 0.05) is 31.1 Å². The molecule has 1 fully saturated rings. The van der Waals surface area contributed by atoms with E-state index in [0.717, 1.165) is 0 Å². The second-order valence-corrected chi connectivity index (χ2v) is 5.53. The Labute approximate surface area is 138 Å². The first-order chi connectivity index (χ1) is 11.2. The van der Waals surface area contributed by atoms with Gasteiger partial charge in [0.05, 0.1) is 29.8 Å². The van der Waals surface area contributed by atoms with Crippen LogP contribution < -0.4 is 10.1 Å². The van der Waals surface area contributed by atoms with Gasteiger partial charge in [-0.1, -0.05) is 17.7 Å². The number of carbonyl (C=O) groups excluding carboxylic acids is 1. The first-order valence-electron chi connectivity index (χ1n) is 7.30. The monoisotopic (exact) mass is 333 g/mol. The molecule has 0 radical (unpaired) electrons. The molecule has 3 rings (SSSR count). The van der Waals surface area contributed by atoms with Crippen LogP contribution in [0.3, 0.4) is 0 Å². The van der Waals surface area contributed by atoms with E-state index >= 15 is 0 Å². The fraction of sp³-hybridized carbons (Fsp3) is 0.312. The van der Waals surface area contributed by atoms with Crippen LogP contribution in [0.25, 0.3) is 0 Å². The molecule has 2 unspecified atom stereocenters. The summed E-state index contributed by atoms with van der Waals surface area (Å²) in [6, 6.07) is 6.76. The fourth-order valence-corrected chi connectivity index (χ4v) is 2.58. The van der Waals surface area contributed by atoms with Crippen molar-refractivity contribution < 1.29 is 14.3 Å². The molecule has 0 bridgehead atoms. The highest BCUT2D eigenvalue weighted by Gasteiger charge is 2.30. The number of nitrogens with zero attached hydrogens (tertiary/aromatic N) is 2. The van der Waals surface area contributed by atoms with Crippen LogP contribution in [0.1, 0.15) is 16.8 Å². The molecule has 0 saturated carbocycles. The Morgan fingerprint density at radius 3 is 3.04 bits per heavy atom. The van der Waals surface area contributed by atoms with E-state index in [0.29, 0.717) is 36.1 Å². The fourth-order valence-electron chi connectivity index (χ4n) is 2.37. The Morgan fingerprint density at radius 2 is 2.26 bits per heavy atom. The molecule has 2 aromatic heterocycles. The Morgan fingerprint density at radius 1 is 1.35 bits per heavy atom. The molecule has 1 saturated heterocycles. The predicted molar refractivity (Wildman–Crippen MR) is 84.6 cm³/mol. The number of ether oxygens (including phenoxy) is 2. The summed E-state index contributed by atoms with van der Waals surface area (Å²) in [5, 5.41) is 3.23. The highest BCUT2D eigenvalue weighted by molar-refractivity contribution is 6.33. The molecule has 23 heavy (non-hydrogen) atoms. The van der Waals surface area contributed by atoms with Gasteiger partial charge >= 0.3 is 0 Å². The van der Waals surface area contributed by atoms with Crippen molar-refractivity contribution in [3.8, 4) is 5.88 Å². The van der Waals surface area contributed by atoms with Crippen molar-refractivity contribution in [1.29, 1.82) is 0 Å². The molecule has 1 amide bonds. The first kappa shape index (κ1) is 15.7. The maximum Gasteiger partial charge on any atom is 0.253 e. The molecule has 3 heterocycles. The Bertz CT molecular complexity index is 669. The van der Waals surface area contributed by atoms with Crippen LogP contribution in [0.15, 0.2) is 42.9 Å². The molecule has 6 nitrogen and oxygen atoms in total. The lowest BCUT2D eigenvalue weighted by atomic mass is 10.1. The number of aromatic nitrogens is 2. The normalized spacial score (nSPS) is 20.7. The summed E-state index contributed by atoms with van der Waals surface area (Å²) in [6.07, 6.45) is 5.10. The number of rotatable bonds is 4. The van der Waals surface area contributed by atoms with Gasteiger partial charge in [0.2, 0.25) is 5.88 Å². The quantitative estimate of drug-likeness (QED) is 0.927. The number of hydrogen-bond acceptors (Lipinski definition) is 5. The van der Waals surface area contributed by atoms with E-state index in [1.165, 1.54) is 12.4 Å². The van der Waals surface area contributed by atoms with Crippen LogP contribution in [-0.2, 0) is 4.74 Å². The van der Waals surface area contributed by atoms with Gasteiger partial charge in [-0.15, -0.1) is 0 Å². The maximum absolute atomic E-state index is 12.4. The summed E-state index contributed by atoms with van der Waals surface area (Å²) in [7, 11) is 0. The van der Waals surface area contributed by atoms with Gasteiger partial charge in [0.25, 0.3) is 5.91 Å². The third-order valence-corrected chi connectivity index (χ3v) is 3.84. The molecule has 7 heteroatoms. The number of amides is 1. The van der Waals surface area contributed by atoms with E-state index in [-0.39, 0.29) is 18.1 Å². The summed E-state index contributed by atoms with van der Waals surface area (Å²) in [4.78, 5) is 20.4. The zero-order valence-electron chi connectivity index (χ0n) is 12.3. The number of carbonyl (C=O) groups is 1. The van der Waals surface area contributed by atoms with Crippen molar-refractivity contribution in [2.24, 2.45) is 0 Å². The van der Waals surface area contributed by atoms with Crippen molar-refractivity contribution >= 4 is 17.5 Å². The second-order valence-electron chi connectivity index (χ2n) is 5.12. The average molecular weight is 334 g/mol. The smallest absolute Gasteiger partial charge is 0.253 e. The predicted octanol–water partition coefficient (Wildman–Crippen LogP) is 2.10. The van der Waals surface area contributed by atoms with Crippen LogP contribution in [0.4, 0.5) is 0 Å². The van der Waals surface area contributed by atoms with Crippen molar-refractivity contribution in [3.05, 3.63) is 53.4 Å². The minimum absolute atomic E-state index is 0.205. The van der Waals surface area contributed by atoms with Crippen LogP contribution in [0.5, 0.6) is 5.88 Å². The molecule has 0 spiro atoms. The molecular formula is C16H16ClN3O3. The Kier molecular flexibility index (Phi) is 5.05. The molecule has 1 N–H and O–H groups in total. The van der Waals surface area contributed by atoms with Gasteiger partial charge in [-0.25, -0.2) is 4.98 Å². The van der Waals surface area contributed by atoms with E-state index in [1.807, 2.05) is 12.1 Å². The first-order valence-corrected chi connectivity index (χ1v) is 7.67. The van der Waals surface area contributed by atoms with Crippen LogP contribution in [0, 0.1) is 0 Å². The van der Waals surface area contributed by atoms with Crippen LogP contribution >= 0.6 is 11.6 Å². The van der Waals surface area contributed by atoms with E-state index in [9.17, 15) is 4.79 Å². The zero-order valence-corrected chi connectivity index (χ0v) is 13.1. The van der Waals surface area contributed by atoms with Gasteiger partial charge in [0.1, 0.15) is 6.10 Å². The third-order valence-electron chi connectivity index (χ3n) is 3.54. The highest BCUT2D eigenvalue weighted by Crippen LogP contribution is 2.18. The van der Waals surface area contributed by atoms with E-state index in [4.69, 9.17) is 21.1 Å². The van der Waals surface area contributed by atoms with E-state index in [2.05, 4.69) is 15.3 Å². The molecule has 2 aromatic rings. The molecule has 2 atom stereocenters. The molecule has 1 aliphatic rings. The number of halogens is 1. The summed E-state index contributed by atoms with van der Waals surface area (Å²) >= 11 is 6.01. The Hall–Kier alpha value is -2.18. The van der Waals surface area contributed by atoms with Crippen molar-refractivity contribution in [2.45, 2.75) is 18.6 Å². The lowest BCUT2D eigenvalue weighted by Crippen LogP contribution is -2.52. The molecule has 1 aliphatic heterocycles. The Balaban J connectivity index is 1.69. The van der Waals surface area contributed by atoms with Gasteiger partial charge in [-0.2, -0.15) is 0 Å². The molecular weight excluding hydrogens is 318 g/mol. The summed E-state index contributed by atoms with van der Waals surface area (Å²) in [6.45, 7) is 0.964.